The highest BCUT2D eigenvalue weighted by Crippen LogP contribution is 2.21. The van der Waals surface area contributed by atoms with E-state index in [2.05, 4.69) is 15.8 Å². The second-order valence-electron chi connectivity index (χ2n) is 7.42. The molecule has 0 aliphatic carbocycles. The number of hydrogen-bond acceptors (Lipinski definition) is 7. The summed E-state index contributed by atoms with van der Waals surface area (Å²) in [5, 5.41) is 18.8. The Morgan fingerprint density at radius 1 is 1.29 bits per heavy atom. The molecule has 1 aliphatic heterocycles. The Hall–Kier alpha value is -3.01. The molecule has 1 unspecified atom stereocenters. The van der Waals surface area contributed by atoms with Crippen LogP contribution in [0.4, 0.5) is 5.82 Å². The summed E-state index contributed by atoms with van der Waals surface area (Å²) in [6.07, 6.45) is 1.27. The Kier molecular flexibility index (Phi) is 7.56. The molecule has 3 amide bonds. The van der Waals surface area contributed by atoms with Crippen molar-refractivity contribution in [2.24, 2.45) is 0 Å². The van der Waals surface area contributed by atoms with Gasteiger partial charge in [-0.2, -0.15) is 0 Å². The number of aromatic nitrogens is 1. The van der Waals surface area contributed by atoms with Crippen molar-refractivity contribution in [1.29, 1.82) is 0 Å². The van der Waals surface area contributed by atoms with E-state index < -0.39 is 5.25 Å². The van der Waals surface area contributed by atoms with Gasteiger partial charge in [-0.05, 0) is 38.8 Å². The van der Waals surface area contributed by atoms with Crippen molar-refractivity contribution in [3.63, 3.8) is 0 Å². The van der Waals surface area contributed by atoms with Crippen LogP contribution < -0.4 is 10.6 Å². The van der Waals surface area contributed by atoms with Crippen molar-refractivity contribution < 1.29 is 24.0 Å². The number of thioether (sulfide) groups is 1. The maximum Gasteiger partial charge on any atom is 0.257 e. The summed E-state index contributed by atoms with van der Waals surface area (Å²) in [7, 11) is 0. The van der Waals surface area contributed by atoms with E-state index >= 15 is 0 Å². The molecule has 1 aliphatic rings. The van der Waals surface area contributed by atoms with Gasteiger partial charge in [0.15, 0.2) is 5.82 Å². The maximum absolute atomic E-state index is 12.6. The van der Waals surface area contributed by atoms with Gasteiger partial charge in [0.1, 0.15) is 11.5 Å². The standard InChI is InChI=1S/C21H26N4O5S/c1-13-11-18(24-30-13)23-20(28)14(2)31-12-19(27)22-15-7-9-25(10-8-15)21(29)16-5-3-4-6-17(16)26/h3-6,11,14-15,26H,7-10,12H2,1-2H3,(H,22,27)(H,23,24,28). The molecule has 2 aromatic rings. The maximum atomic E-state index is 12.6. The highest BCUT2D eigenvalue weighted by Gasteiger charge is 2.26. The lowest BCUT2D eigenvalue weighted by molar-refractivity contribution is -0.119. The molecule has 0 spiro atoms. The van der Waals surface area contributed by atoms with E-state index in [1.807, 2.05) is 0 Å². The van der Waals surface area contributed by atoms with Gasteiger partial charge in [0.05, 0.1) is 16.6 Å². The first-order valence-electron chi connectivity index (χ1n) is 10.1. The average molecular weight is 447 g/mol. The molecule has 1 saturated heterocycles. The Balaban J connectivity index is 1.38. The number of phenols is 1. The van der Waals surface area contributed by atoms with E-state index in [1.54, 1.807) is 43.0 Å². The third-order valence-corrected chi connectivity index (χ3v) is 6.14. The summed E-state index contributed by atoms with van der Waals surface area (Å²) >= 11 is 1.24. The predicted octanol–water partition coefficient (Wildman–Crippen LogP) is 2.17. The van der Waals surface area contributed by atoms with E-state index in [1.165, 1.54) is 17.8 Å². The van der Waals surface area contributed by atoms with Crippen LogP contribution in [0.5, 0.6) is 5.75 Å². The van der Waals surface area contributed by atoms with Crippen LogP contribution in [-0.2, 0) is 9.59 Å². The number of nitrogens with zero attached hydrogens (tertiary/aromatic N) is 2. The molecule has 1 fully saturated rings. The third-order valence-electron chi connectivity index (χ3n) is 4.99. The number of phenolic OH excluding ortho intramolecular Hbond substituents is 1. The van der Waals surface area contributed by atoms with Crippen LogP contribution in [0.15, 0.2) is 34.9 Å². The number of aromatic hydroxyl groups is 1. The second-order valence-corrected chi connectivity index (χ2v) is 8.75. The fourth-order valence-electron chi connectivity index (χ4n) is 3.25. The van der Waals surface area contributed by atoms with Gasteiger partial charge < -0.3 is 25.2 Å². The van der Waals surface area contributed by atoms with E-state index in [-0.39, 0.29) is 40.8 Å². The molecule has 0 saturated carbocycles. The van der Waals surface area contributed by atoms with Crippen molar-refractivity contribution in [1.82, 2.24) is 15.4 Å². The van der Waals surface area contributed by atoms with Gasteiger partial charge in [-0.3, -0.25) is 14.4 Å². The molecule has 1 aromatic heterocycles. The van der Waals surface area contributed by atoms with E-state index in [0.29, 0.717) is 37.5 Å². The number of anilines is 1. The predicted molar refractivity (Wildman–Crippen MR) is 117 cm³/mol. The van der Waals surface area contributed by atoms with Crippen LogP contribution >= 0.6 is 11.8 Å². The molecular weight excluding hydrogens is 420 g/mol. The lowest BCUT2D eigenvalue weighted by Gasteiger charge is -2.32. The topological polar surface area (TPSA) is 125 Å². The Bertz CT molecular complexity index is 939. The van der Waals surface area contributed by atoms with Gasteiger partial charge in [0.2, 0.25) is 11.8 Å². The normalized spacial score (nSPS) is 15.4. The van der Waals surface area contributed by atoms with Crippen LogP contribution in [0.1, 0.15) is 35.9 Å². The molecule has 2 heterocycles. The minimum Gasteiger partial charge on any atom is -0.507 e. The zero-order chi connectivity index (χ0) is 22.4. The number of aryl methyl sites for hydroxylation is 1. The second kappa shape index (κ2) is 10.3. The summed E-state index contributed by atoms with van der Waals surface area (Å²) < 4.78 is 4.91. The highest BCUT2D eigenvalue weighted by molar-refractivity contribution is 8.01. The number of carbonyl (C=O) groups excluding carboxylic acids is 3. The number of amides is 3. The number of para-hydroxylation sites is 1. The lowest BCUT2D eigenvalue weighted by atomic mass is 10.0. The van der Waals surface area contributed by atoms with Crippen molar-refractivity contribution >= 4 is 35.3 Å². The van der Waals surface area contributed by atoms with Gasteiger partial charge >= 0.3 is 0 Å². The average Bonchev–Trinajstić information content (AvgIpc) is 3.17. The molecule has 10 heteroatoms. The molecule has 0 radical (unpaired) electrons. The van der Waals surface area contributed by atoms with Crippen molar-refractivity contribution in [3.8, 4) is 5.75 Å². The van der Waals surface area contributed by atoms with E-state index in [4.69, 9.17) is 4.52 Å². The fraction of sp³-hybridized carbons (Fsp3) is 0.429. The van der Waals surface area contributed by atoms with Crippen molar-refractivity contribution in [3.05, 3.63) is 41.7 Å². The molecule has 9 nitrogen and oxygen atoms in total. The lowest BCUT2D eigenvalue weighted by Crippen LogP contribution is -2.47. The quantitative estimate of drug-likeness (QED) is 0.595. The highest BCUT2D eigenvalue weighted by atomic mass is 32.2. The van der Waals surface area contributed by atoms with Crippen LogP contribution in [0.2, 0.25) is 0 Å². The smallest absolute Gasteiger partial charge is 0.257 e. The first-order chi connectivity index (χ1) is 14.8. The number of piperidine rings is 1. The van der Waals surface area contributed by atoms with Crippen LogP contribution in [-0.4, -0.2) is 63.0 Å². The van der Waals surface area contributed by atoms with E-state index in [0.717, 1.165) is 0 Å². The molecule has 3 rings (SSSR count). The zero-order valence-electron chi connectivity index (χ0n) is 17.5. The number of rotatable bonds is 7. The van der Waals surface area contributed by atoms with Crippen LogP contribution in [0, 0.1) is 6.92 Å². The molecule has 31 heavy (non-hydrogen) atoms. The fourth-order valence-corrected chi connectivity index (χ4v) is 3.95. The first-order valence-corrected chi connectivity index (χ1v) is 11.1. The van der Waals surface area contributed by atoms with Gasteiger partial charge in [-0.1, -0.05) is 17.3 Å². The Morgan fingerprint density at radius 2 is 2.00 bits per heavy atom. The minimum absolute atomic E-state index is 0.0243. The molecule has 166 valence electrons. The van der Waals surface area contributed by atoms with E-state index in [9.17, 15) is 19.5 Å². The summed E-state index contributed by atoms with van der Waals surface area (Å²) in [6, 6.07) is 8.08. The molecule has 1 atom stereocenters. The van der Waals surface area contributed by atoms with Crippen LogP contribution in [0.3, 0.4) is 0 Å². The summed E-state index contributed by atoms with van der Waals surface area (Å²) in [5.74, 6) is 0.475. The zero-order valence-corrected chi connectivity index (χ0v) is 18.3. The Labute approximate surface area is 184 Å². The number of hydrogen-bond donors (Lipinski definition) is 3. The number of carbonyl (C=O) groups is 3. The largest absolute Gasteiger partial charge is 0.507 e. The van der Waals surface area contributed by atoms with Crippen molar-refractivity contribution in [2.75, 3.05) is 24.2 Å². The molecular formula is C21H26N4O5S. The minimum atomic E-state index is -0.430. The summed E-state index contributed by atoms with van der Waals surface area (Å²) in [4.78, 5) is 38.7. The Morgan fingerprint density at radius 3 is 2.65 bits per heavy atom. The molecule has 0 bridgehead atoms. The third kappa shape index (κ3) is 6.24. The van der Waals surface area contributed by atoms with Gasteiger partial charge in [-0.25, -0.2) is 0 Å². The SMILES string of the molecule is Cc1cc(NC(=O)C(C)SCC(=O)NC2CCN(C(=O)c3ccccc3O)CC2)no1. The monoisotopic (exact) mass is 446 g/mol. The van der Waals surface area contributed by atoms with Crippen LogP contribution in [0.25, 0.3) is 0 Å². The van der Waals surface area contributed by atoms with Gasteiger partial charge in [0, 0.05) is 25.2 Å². The molecule has 3 N–H and O–H groups in total. The summed E-state index contributed by atoms with van der Waals surface area (Å²) in [5.41, 5.74) is 0.287. The van der Waals surface area contributed by atoms with Gasteiger partial charge in [-0.15, -0.1) is 11.8 Å². The summed E-state index contributed by atoms with van der Waals surface area (Å²) in [6.45, 7) is 4.46. The molecule has 1 aromatic carbocycles. The number of nitrogens with one attached hydrogen (secondary N) is 2. The van der Waals surface area contributed by atoms with Crippen molar-refractivity contribution in [2.45, 2.75) is 38.0 Å². The number of benzene rings is 1. The first kappa shape index (κ1) is 22.7. The number of likely N-dealkylation sites (tertiary alicyclic amines) is 1. The van der Waals surface area contributed by atoms with Gasteiger partial charge in [0.25, 0.3) is 5.91 Å².